The molecule has 0 radical (unpaired) electrons. The second-order valence-electron chi connectivity index (χ2n) is 3.70. The molecule has 0 N–H and O–H groups in total. The molecule has 0 spiro atoms. The largest absolute Gasteiger partial charge is 0.262 e. The first kappa shape index (κ1) is 9.03. The summed E-state index contributed by atoms with van der Waals surface area (Å²) in [5.74, 6) is 0. The highest BCUT2D eigenvalue weighted by molar-refractivity contribution is 5.74. The van der Waals surface area contributed by atoms with Crippen LogP contribution in [0.2, 0.25) is 0 Å². The topological polar surface area (TPSA) is 43.6 Å². The zero-order valence-corrected chi connectivity index (χ0v) is 8.83. The van der Waals surface area contributed by atoms with E-state index in [0.717, 1.165) is 16.7 Å². The Bertz CT molecular complexity index is 642. The Morgan fingerprint density at radius 1 is 1.19 bits per heavy atom. The van der Waals surface area contributed by atoms with Gasteiger partial charge >= 0.3 is 0 Å². The summed E-state index contributed by atoms with van der Waals surface area (Å²) in [4.78, 5) is 4.02. The summed E-state index contributed by atoms with van der Waals surface area (Å²) >= 11 is 0. The van der Waals surface area contributed by atoms with E-state index in [2.05, 4.69) is 34.4 Å². The summed E-state index contributed by atoms with van der Waals surface area (Å²) in [5.41, 5.74) is 4.01. The highest BCUT2D eigenvalue weighted by Gasteiger charge is 2.05. The number of benzene rings is 1. The van der Waals surface area contributed by atoms with Crippen molar-refractivity contribution in [3.8, 4) is 5.69 Å². The van der Waals surface area contributed by atoms with Crippen LogP contribution in [-0.2, 0) is 0 Å². The molecular weight excluding hydrogens is 200 g/mol. The molecule has 2 heterocycles. The Hall–Kier alpha value is -2.23. The fourth-order valence-corrected chi connectivity index (χ4v) is 1.73. The highest BCUT2D eigenvalue weighted by atomic mass is 15.4. The number of rotatable bonds is 1. The average Bonchev–Trinajstić information content (AvgIpc) is 2.72. The molecule has 4 nitrogen and oxygen atoms in total. The van der Waals surface area contributed by atoms with Crippen LogP contribution in [0.15, 0.2) is 42.7 Å². The Kier molecular flexibility index (Phi) is 1.93. The van der Waals surface area contributed by atoms with Gasteiger partial charge in [-0.15, -0.1) is 5.10 Å². The van der Waals surface area contributed by atoms with Gasteiger partial charge in [0.25, 0.3) is 0 Å². The van der Waals surface area contributed by atoms with Crippen molar-refractivity contribution in [2.24, 2.45) is 0 Å². The molecule has 1 aromatic carbocycles. The van der Waals surface area contributed by atoms with Gasteiger partial charge in [0.05, 0.1) is 17.4 Å². The molecule has 0 aliphatic rings. The molecule has 0 saturated heterocycles. The zero-order valence-electron chi connectivity index (χ0n) is 8.83. The molecule has 78 valence electrons. The van der Waals surface area contributed by atoms with E-state index in [-0.39, 0.29) is 0 Å². The van der Waals surface area contributed by atoms with Gasteiger partial charge in [0.15, 0.2) is 0 Å². The van der Waals surface area contributed by atoms with E-state index in [4.69, 9.17) is 0 Å². The van der Waals surface area contributed by atoms with Crippen LogP contribution in [0.5, 0.6) is 0 Å². The summed E-state index contributed by atoms with van der Waals surface area (Å²) in [6, 6.07) is 10.1. The molecule has 2 aromatic heterocycles. The van der Waals surface area contributed by atoms with Crippen molar-refractivity contribution in [2.75, 3.05) is 0 Å². The highest BCUT2D eigenvalue weighted by Crippen LogP contribution is 2.15. The maximum absolute atomic E-state index is 4.13. The molecule has 0 bridgehead atoms. The van der Waals surface area contributed by atoms with Crippen LogP contribution in [0, 0.1) is 6.92 Å². The van der Waals surface area contributed by atoms with Gasteiger partial charge in [-0.3, -0.25) is 4.98 Å². The van der Waals surface area contributed by atoms with E-state index in [9.17, 15) is 0 Å². The van der Waals surface area contributed by atoms with E-state index in [0.29, 0.717) is 0 Å². The van der Waals surface area contributed by atoms with Gasteiger partial charge in [-0.25, -0.2) is 4.68 Å². The zero-order chi connectivity index (χ0) is 11.0. The lowest BCUT2D eigenvalue weighted by molar-refractivity contribution is 0.823. The third kappa shape index (κ3) is 1.35. The summed E-state index contributed by atoms with van der Waals surface area (Å²) < 4.78 is 1.82. The molecule has 0 aliphatic carbocycles. The molecule has 4 heteroatoms. The van der Waals surface area contributed by atoms with Gasteiger partial charge in [0, 0.05) is 6.20 Å². The summed E-state index contributed by atoms with van der Waals surface area (Å²) in [6.45, 7) is 2.06. The van der Waals surface area contributed by atoms with Crippen molar-refractivity contribution in [3.05, 3.63) is 48.3 Å². The first-order valence-electron chi connectivity index (χ1n) is 5.07. The minimum atomic E-state index is 0.809. The molecular formula is C12H10N4. The maximum atomic E-state index is 4.13. The second-order valence-corrected chi connectivity index (χ2v) is 3.70. The Morgan fingerprint density at radius 3 is 3.00 bits per heavy atom. The van der Waals surface area contributed by atoms with Crippen LogP contribution in [0.25, 0.3) is 16.7 Å². The SMILES string of the molecule is Cc1cccc(-n2nnc3cnccc32)c1. The number of aromatic nitrogens is 4. The molecule has 0 unspecified atom stereocenters. The van der Waals surface area contributed by atoms with E-state index in [1.54, 1.807) is 12.4 Å². The van der Waals surface area contributed by atoms with Gasteiger partial charge in [0.2, 0.25) is 0 Å². The molecule has 0 atom stereocenters. The third-order valence-corrected chi connectivity index (χ3v) is 2.49. The van der Waals surface area contributed by atoms with E-state index >= 15 is 0 Å². The van der Waals surface area contributed by atoms with Crippen LogP contribution in [-0.4, -0.2) is 20.0 Å². The van der Waals surface area contributed by atoms with Crippen molar-refractivity contribution in [1.82, 2.24) is 20.0 Å². The smallest absolute Gasteiger partial charge is 0.131 e. The van der Waals surface area contributed by atoms with E-state index < -0.39 is 0 Å². The predicted octanol–water partition coefficient (Wildman–Crippen LogP) is 2.12. The van der Waals surface area contributed by atoms with Gasteiger partial charge in [-0.05, 0) is 30.7 Å². The van der Waals surface area contributed by atoms with Gasteiger partial charge < -0.3 is 0 Å². The van der Waals surface area contributed by atoms with Crippen LogP contribution in [0.4, 0.5) is 0 Å². The summed E-state index contributed by atoms with van der Waals surface area (Å²) in [5, 5.41) is 8.21. The molecule has 3 rings (SSSR count). The molecule has 16 heavy (non-hydrogen) atoms. The summed E-state index contributed by atoms with van der Waals surface area (Å²) in [7, 11) is 0. The minimum Gasteiger partial charge on any atom is -0.262 e. The lowest BCUT2D eigenvalue weighted by atomic mass is 10.2. The third-order valence-electron chi connectivity index (χ3n) is 2.49. The van der Waals surface area contributed by atoms with Crippen molar-refractivity contribution in [1.29, 1.82) is 0 Å². The fourth-order valence-electron chi connectivity index (χ4n) is 1.73. The molecule has 0 fully saturated rings. The number of pyridine rings is 1. The van der Waals surface area contributed by atoms with Crippen LogP contribution in [0.1, 0.15) is 5.56 Å². The lowest BCUT2D eigenvalue weighted by Gasteiger charge is -2.02. The quantitative estimate of drug-likeness (QED) is 0.618. The summed E-state index contributed by atoms with van der Waals surface area (Å²) in [6.07, 6.45) is 3.46. The number of hydrogen-bond donors (Lipinski definition) is 0. The average molecular weight is 210 g/mol. The molecule has 0 aliphatic heterocycles. The number of hydrogen-bond acceptors (Lipinski definition) is 3. The normalized spacial score (nSPS) is 10.8. The minimum absolute atomic E-state index is 0.809. The number of nitrogens with zero attached hydrogens (tertiary/aromatic N) is 4. The van der Waals surface area contributed by atoms with E-state index in [1.165, 1.54) is 5.56 Å². The van der Waals surface area contributed by atoms with Gasteiger partial charge in [0.1, 0.15) is 5.52 Å². The van der Waals surface area contributed by atoms with Crippen molar-refractivity contribution in [2.45, 2.75) is 6.92 Å². The second kappa shape index (κ2) is 3.41. The molecule has 0 amide bonds. The van der Waals surface area contributed by atoms with Crippen LogP contribution in [0.3, 0.4) is 0 Å². The number of aryl methyl sites for hydroxylation is 1. The van der Waals surface area contributed by atoms with Crippen molar-refractivity contribution < 1.29 is 0 Å². The first-order chi connectivity index (χ1) is 7.84. The Balaban J connectivity index is 2.26. The van der Waals surface area contributed by atoms with Crippen LogP contribution >= 0.6 is 0 Å². The first-order valence-corrected chi connectivity index (χ1v) is 5.07. The predicted molar refractivity (Wildman–Crippen MR) is 61.4 cm³/mol. The van der Waals surface area contributed by atoms with Gasteiger partial charge in [-0.1, -0.05) is 17.3 Å². The molecule has 3 aromatic rings. The van der Waals surface area contributed by atoms with Crippen molar-refractivity contribution >= 4 is 11.0 Å². The maximum Gasteiger partial charge on any atom is 0.131 e. The Morgan fingerprint density at radius 2 is 2.12 bits per heavy atom. The number of fused-ring (bicyclic) bond motifs is 1. The standard InChI is InChI=1S/C12H10N4/c1-9-3-2-4-10(7-9)16-12-5-6-13-8-11(12)14-15-16/h2-8H,1H3. The van der Waals surface area contributed by atoms with E-state index in [1.807, 2.05) is 22.9 Å². The van der Waals surface area contributed by atoms with Gasteiger partial charge in [-0.2, -0.15) is 0 Å². The van der Waals surface area contributed by atoms with Crippen LogP contribution < -0.4 is 0 Å². The lowest BCUT2D eigenvalue weighted by Crippen LogP contribution is -1.96. The fraction of sp³-hybridized carbons (Fsp3) is 0.0833. The molecule has 0 saturated carbocycles. The monoisotopic (exact) mass is 210 g/mol. The van der Waals surface area contributed by atoms with Crippen molar-refractivity contribution in [3.63, 3.8) is 0 Å². The Labute approximate surface area is 92.6 Å².